The monoisotopic (exact) mass is 1060 g/mol. The minimum absolute atomic E-state index is 0.411. The van der Waals surface area contributed by atoms with Crippen molar-refractivity contribution in [2.75, 3.05) is 0 Å². The Labute approximate surface area is 306 Å². The minimum Gasteiger partial charge on any atom is -0.385 e. The second-order valence-corrected chi connectivity index (χ2v) is 15.3. The number of halogens is 8. The van der Waals surface area contributed by atoms with Crippen LogP contribution in [0.15, 0.2) is 84.3 Å². The first-order chi connectivity index (χ1) is 19.2. The van der Waals surface area contributed by atoms with E-state index in [2.05, 4.69) is 127 Å². The second kappa shape index (κ2) is 13.9. The second-order valence-electron chi connectivity index (χ2n) is 8.94. The Morgan fingerprint density at radius 2 is 0.537 bits per heavy atom. The summed E-state index contributed by atoms with van der Waals surface area (Å²) in [4.78, 5) is 0. The summed E-state index contributed by atoms with van der Waals surface area (Å²) in [5.74, 6) is 1.65. The fourth-order valence-corrected chi connectivity index (χ4v) is 6.91. The topological polar surface area (TPSA) is 36.9 Å². The molecule has 216 valence electrons. The number of ether oxygens (including phenoxy) is 4. The molecule has 0 radical (unpaired) electrons. The Hall–Kier alpha value is -0.0800. The van der Waals surface area contributed by atoms with Gasteiger partial charge in [-0.2, -0.15) is 0 Å². The molecule has 12 heteroatoms. The molecule has 4 rings (SSSR count). The Balaban J connectivity index is 1.98. The summed E-state index contributed by atoms with van der Waals surface area (Å²) in [5.41, 5.74) is 4.05. The van der Waals surface area contributed by atoms with Gasteiger partial charge in [0.1, 0.15) is 23.0 Å². The lowest BCUT2D eigenvalue weighted by molar-refractivity contribution is -0.368. The maximum Gasteiger partial charge on any atom is 0.611 e. The van der Waals surface area contributed by atoms with Crippen LogP contribution in [-0.2, 0) is 0 Å². The molecule has 0 heterocycles. The van der Waals surface area contributed by atoms with Crippen LogP contribution in [0.3, 0.4) is 0 Å². The molecule has 41 heavy (non-hydrogen) atoms. The van der Waals surface area contributed by atoms with E-state index in [1.54, 1.807) is 0 Å². The maximum absolute atomic E-state index is 6.60. The Morgan fingerprint density at radius 3 is 0.732 bits per heavy atom. The van der Waals surface area contributed by atoms with Crippen LogP contribution < -0.4 is 18.9 Å². The lowest BCUT2D eigenvalue weighted by Gasteiger charge is -2.34. The molecule has 4 aromatic carbocycles. The lowest BCUT2D eigenvalue weighted by Crippen LogP contribution is -2.54. The number of benzene rings is 4. The number of aryl methyl sites for hydroxylation is 4. The predicted molar refractivity (Wildman–Crippen MR) is 192 cm³/mol. The molecule has 0 aliphatic rings. The van der Waals surface area contributed by atoms with Crippen molar-refractivity contribution < 1.29 is 18.9 Å². The average Bonchev–Trinajstić information content (AvgIpc) is 2.94. The number of hydrogen-bond donors (Lipinski definition) is 0. The van der Waals surface area contributed by atoms with Gasteiger partial charge >= 0.3 is 6.16 Å². The van der Waals surface area contributed by atoms with E-state index in [1.807, 2.05) is 76.2 Å². The van der Waals surface area contributed by atoms with Gasteiger partial charge in [-0.3, -0.25) is 0 Å². The van der Waals surface area contributed by atoms with Crippen LogP contribution in [0.4, 0.5) is 0 Å². The Kier molecular flexibility index (Phi) is 11.5. The van der Waals surface area contributed by atoms with Crippen molar-refractivity contribution in [1.29, 1.82) is 0 Å². The zero-order valence-electron chi connectivity index (χ0n) is 21.8. The SMILES string of the molecule is Cc1ccc(OC(Oc2ccc(C)c(Br)c2Br)(Oc2ccc(C)c(Br)c2Br)Oc2ccc(C)c(Br)c2Br)c(Br)c1Br. The van der Waals surface area contributed by atoms with Gasteiger partial charge < -0.3 is 18.9 Å². The summed E-state index contributed by atoms with van der Waals surface area (Å²) in [6.07, 6.45) is -2.18. The smallest absolute Gasteiger partial charge is 0.385 e. The normalized spacial score (nSPS) is 11.4. The van der Waals surface area contributed by atoms with Crippen molar-refractivity contribution in [3.05, 3.63) is 107 Å². The van der Waals surface area contributed by atoms with Gasteiger partial charge in [-0.1, -0.05) is 24.3 Å². The molecule has 0 saturated carbocycles. The van der Waals surface area contributed by atoms with E-state index in [0.717, 1.165) is 40.1 Å². The molecular weight excluding hydrogens is 1050 g/mol. The molecule has 0 N–H and O–H groups in total. The van der Waals surface area contributed by atoms with Crippen LogP contribution in [-0.4, -0.2) is 6.16 Å². The zero-order valence-corrected chi connectivity index (χ0v) is 34.5. The molecule has 0 atom stereocenters. The van der Waals surface area contributed by atoms with Gasteiger partial charge in [-0.05, 0) is 202 Å². The van der Waals surface area contributed by atoms with E-state index >= 15 is 0 Å². The quantitative estimate of drug-likeness (QED) is 0.165. The van der Waals surface area contributed by atoms with Crippen molar-refractivity contribution in [1.82, 2.24) is 0 Å². The summed E-state index contributed by atoms with van der Waals surface area (Å²) < 4.78 is 32.3. The molecule has 0 aromatic heterocycles. The summed E-state index contributed by atoms with van der Waals surface area (Å²) >= 11 is 29.2. The highest BCUT2D eigenvalue weighted by Crippen LogP contribution is 2.45. The molecule has 0 saturated heterocycles. The molecule has 0 aliphatic carbocycles. The van der Waals surface area contributed by atoms with Crippen LogP contribution in [0.25, 0.3) is 0 Å². The highest BCUT2D eigenvalue weighted by Gasteiger charge is 2.46. The van der Waals surface area contributed by atoms with Crippen LogP contribution in [0, 0.1) is 27.7 Å². The molecule has 0 unspecified atom stereocenters. The van der Waals surface area contributed by atoms with Gasteiger partial charge in [0.05, 0.1) is 17.9 Å². The summed E-state index contributed by atoms with van der Waals surface area (Å²) in [6.45, 7) is 7.94. The predicted octanol–water partition coefficient (Wildman–Crippen LogP) is 13.2. The third-order valence-electron chi connectivity index (χ3n) is 5.90. The molecule has 0 aliphatic heterocycles. The lowest BCUT2D eigenvalue weighted by atomic mass is 10.2. The first-order valence-electron chi connectivity index (χ1n) is 11.8. The first-order valence-corrected chi connectivity index (χ1v) is 18.1. The van der Waals surface area contributed by atoms with Gasteiger partial charge in [0.25, 0.3) is 0 Å². The van der Waals surface area contributed by atoms with E-state index in [9.17, 15) is 0 Å². The standard InChI is InChI=1S/C29H20Br8O4/c1-13-5-9-17(25(34)21(13)30)38-29(39-18-10-6-14(2)22(31)26(18)35,40-19-11-7-15(3)23(32)27(19)36)41-20-12-8-16(4)24(33)28(20)37/h5-12H,1-4H3. The fourth-order valence-electron chi connectivity index (χ4n) is 3.49. The highest BCUT2D eigenvalue weighted by molar-refractivity contribution is 9.14. The molecule has 4 nitrogen and oxygen atoms in total. The molecule has 0 spiro atoms. The third kappa shape index (κ3) is 7.43. The van der Waals surface area contributed by atoms with Crippen molar-refractivity contribution in [2.45, 2.75) is 33.9 Å². The van der Waals surface area contributed by atoms with Crippen molar-refractivity contribution in [3.63, 3.8) is 0 Å². The summed E-state index contributed by atoms with van der Waals surface area (Å²) in [7, 11) is 0. The minimum atomic E-state index is -2.18. The molecule has 0 fully saturated rings. The fraction of sp³-hybridized carbons (Fsp3) is 0.172. The van der Waals surface area contributed by atoms with Crippen molar-refractivity contribution >= 4 is 127 Å². The van der Waals surface area contributed by atoms with E-state index in [4.69, 9.17) is 18.9 Å². The van der Waals surface area contributed by atoms with E-state index < -0.39 is 6.16 Å². The van der Waals surface area contributed by atoms with Gasteiger partial charge in [-0.15, -0.1) is 0 Å². The Bertz CT molecular complexity index is 1400. The van der Waals surface area contributed by atoms with Gasteiger partial charge in [0, 0.05) is 17.9 Å². The highest BCUT2D eigenvalue weighted by atomic mass is 79.9. The van der Waals surface area contributed by atoms with Crippen LogP contribution in [0.5, 0.6) is 23.0 Å². The zero-order chi connectivity index (χ0) is 30.2. The maximum atomic E-state index is 6.60. The Morgan fingerprint density at radius 1 is 0.341 bits per heavy atom. The third-order valence-corrected chi connectivity index (χ3v) is 15.3. The van der Waals surface area contributed by atoms with E-state index in [0.29, 0.717) is 40.9 Å². The van der Waals surface area contributed by atoms with Crippen LogP contribution in [0.2, 0.25) is 0 Å². The molecular formula is C29H20Br8O4. The summed E-state index contributed by atoms with van der Waals surface area (Å²) in [6, 6.07) is 14.9. The van der Waals surface area contributed by atoms with Gasteiger partial charge in [-0.25, -0.2) is 0 Å². The molecule has 4 aromatic rings. The van der Waals surface area contributed by atoms with Gasteiger partial charge in [0.2, 0.25) is 0 Å². The molecule has 0 amide bonds. The van der Waals surface area contributed by atoms with Crippen LogP contribution in [0.1, 0.15) is 22.3 Å². The largest absolute Gasteiger partial charge is 0.611 e. The van der Waals surface area contributed by atoms with Crippen LogP contribution >= 0.6 is 127 Å². The van der Waals surface area contributed by atoms with E-state index in [-0.39, 0.29) is 0 Å². The first kappa shape index (κ1) is 33.8. The molecule has 0 bridgehead atoms. The number of rotatable bonds is 8. The number of hydrogen-bond acceptors (Lipinski definition) is 4. The average molecular weight is 1070 g/mol. The van der Waals surface area contributed by atoms with Crippen molar-refractivity contribution in [2.24, 2.45) is 0 Å². The van der Waals surface area contributed by atoms with E-state index in [1.165, 1.54) is 0 Å². The van der Waals surface area contributed by atoms with Crippen molar-refractivity contribution in [3.8, 4) is 23.0 Å². The van der Waals surface area contributed by atoms with Gasteiger partial charge in [0.15, 0.2) is 0 Å². The summed E-state index contributed by atoms with van der Waals surface area (Å²) in [5, 5.41) is 0.